The van der Waals surface area contributed by atoms with E-state index in [1.165, 1.54) is 11.3 Å². The molecule has 1 aromatic carbocycles. The van der Waals surface area contributed by atoms with Crippen LogP contribution in [-0.2, 0) is 0 Å². The fourth-order valence-corrected chi connectivity index (χ4v) is 2.99. The van der Waals surface area contributed by atoms with Crippen LogP contribution < -0.4 is 10.1 Å². The monoisotopic (exact) mass is 311 g/mol. The minimum Gasteiger partial charge on any atom is -0.497 e. The van der Waals surface area contributed by atoms with Crippen molar-refractivity contribution in [2.45, 2.75) is 0 Å². The van der Waals surface area contributed by atoms with Crippen LogP contribution in [0.1, 0.15) is 10.5 Å². The number of carbonyl (C=O) groups excluding carboxylic acids is 1. The number of fused-ring (bicyclic) bond motifs is 1. The molecule has 22 heavy (non-hydrogen) atoms. The van der Waals surface area contributed by atoms with E-state index in [1.54, 1.807) is 13.3 Å². The molecule has 1 amide bonds. The summed E-state index contributed by atoms with van der Waals surface area (Å²) in [5, 5.41) is 2.60. The molecule has 3 rings (SSSR count). The molecule has 1 N–H and O–H groups in total. The van der Waals surface area contributed by atoms with Crippen molar-refractivity contribution in [3.05, 3.63) is 42.4 Å². The second kappa shape index (κ2) is 5.92. The number of carbonyl (C=O) groups is 1. The van der Waals surface area contributed by atoms with Gasteiger partial charge in [0.2, 0.25) is 0 Å². The maximum absolute atomic E-state index is 11.8. The van der Waals surface area contributed by atoms with Gasteiger partial charge in [0.15, 0.2) is 4.96 Å². The lowest BCUT2D eigenvalue weighted by Gasteiger charge is -2.00. The second-order valence-electron chi connectivity index (χ2n) is 4.53. The Bertz CT molecular complexity index is 824. The Labute approximate surface area is 131 Å². The van der Waals surface area contributed by atoms with Crippen LogP contribution in [0.4, 0.5) is 0 Å². The molecule has 0 atom stereocenters. The standard InChI is InChI=1S/C16H13N3O2S/c1-3-8-17-15(20)13-9-19-10-14(22-16(19)18-13)11-4-6-12(21-2)7-5-11/h1,4-7,9-10H,8H2,2H3,(H,17,20). The summed E-state index contributed by atoms with van der Waals surface area (Å²) in [7, 11) is 1.64. The number of ether oxygens (including phenoxy) is 1. The van der Waals surface area contributed by atoms with Crippen LogP contribution in [0.2, 0.25) is 0 Å². The summed E-state index contributed by atoms with van der Waals surface area (Å²) in [6, 6.07) is 7.81. The molecule has 0 aliphatic carbocycles. The van der Waals surface area contributed by atoms with Crippen LogP contribution in [0.25, 0.3) is 15.4 Å². The van der Waals surface area contributed by atoms with Gasteiger partial charge in [-0.05, 0) is 29.8 Å². The highest BCUT2D eigenvalue weighted by molar-refractivity contribution is 7.20. The molecule has 0 aliphatic heterocycles. The summed E-state index contributed by atoms with van der Waals surface area (Å²) in [6.07, 6.45) is 8.77. The molecule has 0 unspecified atom stereocenters. The van der Waals surface area contributed by atoms with Crippen molar-refractivity contribution in [2.75, 3.05) is 13.7 Å². The summed E-state index contributed by atoms with van der Waals surface area (Å²) in [5.41, 5.74) is 1.44. The number of hydrogen-bond acceptors (Lipinski definition) is 4. The Morgan fingerprint density at radius 2 is 2.18 bits per heavy atom. The molecule has 5 nitrogen and oxygen atoms in total. The molecule has 0 radical (unpaired) electrons. The van der Waals surface area contributed by atoms with Crippen molar-refractivity contribution in [1.29, 1.82) is 0 Å². The average Bonchev–Trinajstić information content (AvgIpc) is 3.11. The number of nitrogens with zero attached hydrogens (tertiary/aromatic N) is 2. The molecule has 0 saturated heterocycles. The number of benzene rings is 1. The average molecular weight is 311 g/mol. The zero-order valence-electron chi connectivity index (χ0n) is 11.9. The highest BCUT2D eigenvalue weighted by atomic mass is 32.1. The first-order valence-corrected chi connectivity index (χ1v) is 7.37. The Hall–Kier alpha value is -2.78. The lowest BCUT2D eigenvalue weighted by Crippen LogP contribution is -2.23. The second-order valence-corrected chi connectivity index (χ2v) is 5.54. The molecule has 0 fully saturated rings. The zero-order chi connectivity index (χ0) is 15.5. The lowest BCUT2D eigenvalue weighted by atomic mass is 10.2. The van der Waals surface area contributed by atoms with Gasteiger partial charge in [0.25, 0.3) is 5.91 Å². The van der Waals surface area contributed by atoms with Gasteiger partial charge in [-0.2, -0.15) is 0 Å². The number of nitrogens with one attached hydrogen (secondary N) is 1. The van der Waals surface area contributed by atoms with Crippen molar-refractivity contribution in [2.24, 2.45) is 0 Å². The minimum absolute atomic E-state index is 0.196. The van der Waals surface area contributed by atoms with E-state index in [1.807, 2.05) is 34.9 Å². The van der Waals surface area contributed by atoms with E-state index in [9.17, 15) is 4.79 Å². The first-order valence-electron chi connectivity index (χ1n) is 6.56. The van der Waals surface area contributed by atoms with Crippen molar-refractivity contribution in [3.63, 3.8) is 0 Å². The Morgan fingerprint density at radius 3 is 2.82 bits per heavy atom. The molecule has 2 heterocycles. The third-order valence-corrected chi connectivity index (χ3v) is 4.16. The van der Waals surface area contributed by atoms with Gasteiger partial charge >= 0.3 is 0 Å². The fourth-order valence-electron chi connectivity index (χ4n) is 2.02. The molecule has 0 bridgehead atoms. The quantitative estimate of drug-likeness (QED) is 0.753. The number of terminal acetylenes is 1. The first-order chi connectivity index (χ1) is 10.7. The van der Waals surface area contributed by atoms with Gasteiger partial charge in [-0.25, -0.2) is 4.98 Å². The number of aromatic nitrogens is 2. The van der Waals surface area contributed by atoms with E-state index >= 15 is 0 Å². The van der Waals surface area contributed by atoms with E-state index in [2.05, 4.69) is 16.2 Å². The Morgan fingerprint density at radius 1 is 1.41 bits per heavy atom. The van der Waals surface area contributed by atoms with E-state index in [0.29, 0.717) is 5.69 Å². The SMILES string of the molecule is C#CCNC(=O)c1cn2cc(-c3ccc(OC)cc3)sc2n1. The van der Waals surface area contributed by atoms with Crippen molar-refractivity contribution < 1.29 is 9.53 Å². The summed E-state index contributed by atoms with van der Waals surface area (Å²) < 4.78 is 6.99. The smallest absolute Gasteiger partial charge is 0.272 e. The number of rotatable bonds is 4. The number of thiazole rings is 1. The first kappa shape index (κ1) is 14.2. The van der Waals surface area contributed by atoms with Gasteiger partial charge in [0.1, 0.15) is 11.4 Å². The van der Waals surface area contributed by atoms with E-state index in [4.69, 9.17) is 11.2 Å². The van der Waals surface area contributed by atoms with Crippen LogP contribution in [0.15, 0.2) is 36.7 Å². The molecule has 2 aromatic heterocycles. The Balaban J connectivity index is 1.86. The molecule has 0 aliphatic rings. The summed E-state index contributed by atoms with van der Waals surface area (Å²) in [4.78, 5) is 18.0. The maximum atomic E-state index is 11.8. The third-order valence-electron chi connectivity index (χ3n) is 3.11. The van der Waals surface area contributed by atoms with Gasteiger partial charge in [-0.15, -0.1) is 6.42 Å². The summed E-state index contributed by atoms with van der Waals surface area (Å²) >= 11 is 1.52. The maximum Gasteiger partial charge on any atom is 0.272 e. The van der Waals surface area contributed by atoms with Crippen LogP contribution >= 0.6 is 11.3 Å². The van der Waals surface area contributed by atoms with E-state index in [-0.39, 0.29) is 12.5 Å². The van der Waals surface area contributed by atoms with Gasteiger partial charge in [-0.3, -0.25) is 9.20 Å². The number of amides is 1. The van der Waals surface area contributed by atoms with Crippen LogP contribution in [0.5, 0.6) is 5.75 Å². The van der Waals surface area contributed by atoms with Gasteiger partial charge in [0.05, 0.1) is 18.5 Å². The van der Waals surface area contributed by atoms with E-state index < -0.39 is 0 Å². The van der Waals surface area contributed by atoms with E-state index in [0.717, 1.165) is 21.2 Å². The highest BCUT2D eigenvalue weighted by Crippen LogP contribution is 2.29. The van der Waals surface area contributed by atoms with Gasteiger partial charge in [-0.1, -0.05) is 17.3 Å². The number of imidazole rings is 1. The van der Waals surface area contributed by atoms with Gasteiger partial charge < -0.3 is 10.1 Å². The summed E-state index contributed by atoms with van der Waals surface area (Å²) in [5.74, 6) is 2.91. The lowest BCUT2D eigenvalue weighted by molar-refractivity contribution is 0.0954. The molecule has 0 spiro atoms. The molecule has 6 heteroatoms. The topological polar surface area (TPSA) is 55.6 Å². The predicted molar refractivity (Wildman–Crippen MR) is 86.2 cm³/mol. The normalized spacial score (nSPS) is 10.4. The molecular formula is C16H13N3O2S. The van der Waals surface area contributed by atoms with Crippen molar-refractivity contribution in [1.82, 2.24) is 14.7 Å². The van der Waals surface area contributed by atoms with Crippen molar-refractivity contribution in [3.8, 4) is 28.5 Å². The third kappa shape index (κ3) is 2.67. The van der Waals surface area contributed by atoms with Crippen LogP contribution in [0, 0.1) is 12.3 Å². The molecular weight excluding hydrogens is 298 g/mol. The summed E-state index contributed by atoms with van der Waals surface area (Å²) in [6.45, 7) is 0.196. The Kier molecular flexibility index (Phi) is 3.81. The number of hydrogen-bond donors (Lipinski definition) is 1. The fraction of sp³-hybridized carbons (Fsp3) is 0.125. The molecule has 0 saturated carbocycles. The molecule has 110 valence electrons. The number of methoxy groups -OCH3 is 1. The van der Waals surface area contributed by atoms with Crippen molar-refractivity contribution >= 4 is 22.2 Å². The highest BCUT2D eigenvalue weighted by Gasteiger charge is 2.13. The minimum atomic E-state index is -0.264. The predicted octanol–water partition coefficient (Wildman–Crippen LogP) is 2.43. The van der Waals surface area contributed by atoms with Crippen LogP contribution in [0.3, 0.4) is 0 Å². The largest absolute Gasteiger partial charge is 0.497 e. The van der Waals surface area contributed by atoms with Gasteiger partial charge in [0, 0.05) is 12.4 Å². The zero-order valence-corrected chi connectivity index (χ0v) is 12.7. The van der Waals surface area contributed by atoms with Crippen LogP contribution in [-0.4, -0.2) is 28.9 Å². The molecule has 3 aromatic rings.